The van der Waals surface area contributed by atoms with Crippen molar-refractivity contribution in [2.24, 2.45) is 0 Å². The molecule has 148 valence electrons. The van der Waals surface area contributed by atoms with Crippen LogP contribution in [0.25, 0.3) is 11.3 Å². The number of para-hydroxylation sites is 1. The van der Waals surface area contributed by atoms with E-state index < -0.39 is 6.17 Å². The quantitative estimate of drug-likeness (QED) is 0.466. The average Bonchev–Trinajstić information content (AvgIpc) is 2.71. The molecule has 0 saturated heterocycles. The normalized spacial score (nSPS) is 14.9. The van der Waals surface area contributed by atoms with Gasteiger partial charge in [0.15, 0.2) is 0 Å². The number of anilines is 1. The Bertz CT molecular complexity index is 1180. The number of hydrogen-bond donors (Lipinski definition) is 1. The molecule has 2 aromatic carbocycles. The summed E-state index contributed by atoms with van der Waals surface area (Å²) >= 11 is 4.83. The van der Waals surface area contributed by atoms with Crippen molar-refractivity contribution >= 4 is 39.3 Å². The first-order chi connectivity index (χ1) is 14.0. The van der Waals surface area contributed by atoms with Gasteiger partial charge in [-0.05, 0) is 41.3 Å². The van der Waals surface area contributed by atoms with E-state index in [0.29, 0.717) is 33.4 Å². The highest BCUT2D eigenvalue weighted by atomic mass is 79.9. The number of carbonyl (C=O) groups is 1. The maximum absolute atomic E-state index is 13.0. The minimum Gasteiger partial charge on any atom is -0.496 e. The summed E-state index contributed by atoms with van der Waals surface area (Å²) in [6, 6.07) is 12.9. The summed E-state index contributed by atoms with van der Waals surface area (Å²) < 4.78 is 8.02. The van der Waals surface area contributed by atoms with Crippen LogP contribution in [-0.4, -0.2) is 29.4 Å². The second-order valence-corrected chi connectivity index (χ2v) is 8.13. The molecule has 1 atom stereocenters. The Hall–Kier alpha value is -2.65. The zero-order valence-corrected chi connectivity index (χ0v) is 18.4. The molecule has 3 aromatic rings. The second-order valence-electron chi connectivity index (χ2n) is 6.42. The van der Waals surface area contributed by atoms with E-state index in [4.69, 9.17) is 4.74 Å². The summed E-state index contributed by atoms with van der Waals surface area (Å²) in [6.45, 7) is 1.50. The number of carbonyl (C=O) groups excluding carboxylic acids is 1. The molecule has 1 unspecified atom stereocenters. The number of nitrogens with zero attached hydrogens (tertiary/aromatic N) is 3. The van der Waals surface area contributed by atoms with Crippen LogP contribution in [0, 0.1) is 0 Å². The number of nitrogens with one attached hydrogen (secondary N) is 1. The maximum atomic E-state index is 13.0. The highest BCUT2D eigenvalue weighted by molar-refractivity contribution is 9.10. The summed E-state index contributed by atoms with van der Waals surface area (Å²) in [7, 11) is 1.58. The van der Waals surface area contributed by atoms with Gasteiger partial charge in [0.1, 0.15) is 5.75 Å². The van der Waals surface area contributed by atoms with Gasteiger partial charge in [0.2, 0.25) is 11.1 Å². The molecule has 0 bridgehead atoms. The summed E-state index contributed by atoms with van der Waals surface area (Å²) in [5.74, 6) is 0.422. The Balaban J connectivity index is 2.13. The standard InChI is InChI=1S/C20H17BrN4O3S/c1-11(26)24-15-7-5-4-6-13(15)17-18(27)22-20(29-3)23-25(17)19(24)14-10-12(21)8-9-16(14)28-2/h4-10,19H,1-3H3/p+1. The molecule has 0 aliphatic carbocycles. The zero-order valence-electron chi connectivity index (χ0n) is 16.0. The Kier molecular flexibility index (Phi) is 5.18. The molecule has 7 nitrogen and oxygen atoms in total. The van der Waals surface area contributed by atoms with Gasteiger partial charge in [-0.3, -0.25) is 14.6 Å². The van der Waals surface area contributed by atoms with Gasteiger partial charge in [0.05, 0.1) is 23.9 Å². The predicted octanol–water partition coefficient (Wildman–Crippen LogP) is 3.13. The van der Waals surface area contributed by atoms with E-state index >= 15 is 0 Å². The topological polar surface area (TPSA) is 79.2 Å². The monoisotopic (exact) mass is 473 g/mol. The lowest BCUT2D eigenvalue weighted by atomic mass is 10.0. The fourth-order valence-electron chi connectivity index (χ4n) is 3.59. The molecule has 1 aromatic heterocycles. The van der Waals surface area contributed by atoms with Crippen LogP contribution in [0.1, 0.15) is 18.7 Å². The first-order valence-electron chi connectivity index (χ1n) is 8.79. The lowest BCUT2D eigenvalue weighted by molar-refractivity contribution is -0.763. The van der Waals surface area contributed by atoms with Crippen molar-refractivity contribution in [1.82, 2.24) is 10.1 Å². The molecule has 2 heterocycles. The summed E-state index contributed by atoms with van der Waals surface area (Å²) in [5, 5.41) is 5.11. The molecule has 0 radical (unpaired) electrons. The highest BCUT2D eigenvalue weighted by Crippen LogP contribution is 2.40. The number of aromatic nitrogens is 3. The van der Waals surface area contributed by atoms with E-state index in [2.05, 4.69) is 26.0 Å². The van der Waals surface area contributed by atoms with Crippen LogP contribution in [-0.2, 0) is 4.79 Å². The first-order valence-corrected chi connectivity index (χ1v) is 10.8. The van der Waals surface area contributed by atoms with Crippen molar-refractivity contribution < 1.29 is 14.2 Å². The van der Waals surface area contributed by atoms with Crippen molar-refractivity contribution in [3.8, 4) is 17.0 Å². The molecule has 0 saturated carbocycles. The number of aromatic amines is 1. The Morgan fingerprint density at radius 2 is 2.07 bits per heavy atom. The van der Waals surface area contributed by atoms with E-state index in [1.165, 1.54) is 18.7 Å². The Morgan fingerprint density at radius 3 is 2.76 bits per heavy atom. The fraction of sp³-hybridized carbons (Fsp3) is 0.200. The van der Waals surface area contributed by atoms with Crippen LogP contribution in [0.15, 0.2) is 56.9 Å². The lowest BCUT2D eigenvalue weighted by Gasteiger charge is -2.31. The molecule has 0 fully saturated rings. The van der Waals surface area contributed by atoms with Crippen molar-refractivity contribution in [1.29, 1.82) is 0 Å². The number of halogens is 1. The zero-order chi connectivity index (χ0) is 20.7. The van der Waals surface area contributed by atoms with E-state index in [-0.39, 0.29) is 11.5 Å². The van der Waals surface area contributed by atoms with Crippen LogP contribution in [0.4, 0.5) is 5.69 Å². The summed E-state index contributed by atoms with van der Waals surface area (Å²) in [6.07, 6.45) is 1.15. The minimum atomic E-state index is -0.682. The Labute approximate surface area is 179 Å². The van der Waals surface area contributed by atoms with Crippen LogP contribution in [0.3, 0.4) is 0 Å². The van der Waals surface area contributed by atoms with Crippen LogP contribution < -0.4 is 19.9 Å². The SMILES string of the molecule is COc1ccc(Br)cc1C1N(C(C)=O)c2ccccc2-c2c(=O)[nH]c(SC)n[n+]21. The van der Waals surface area contributed by atoms with Gasteiger partial charge in [0.25, 0.3) is 6.17 Å². The van der Waals surface area contributed by atoms with Crippen molar-refractivity contribution in [2.45, 2.75) is 18.2 Å². The van der Waals surface area contributed by atoms with E-state index in [1.807, 2.05) is 48.7 Å². The maximum Gasteiger partial charge on any atom is 0.325 e. The van der Waals surface area contributed by atoms with Gasteiger partial charge in [-0.15, -0.1) is 0 Å². The number of hydrogen-bond acceptors (Lipinski definition) is 5. The lowest BCUT2D eigenvalue weighted by Crippen LogP contribution is -2.60. The van der Waals surface area contributed by atoms with Gasteiger partial charge in [0, 0.05) is 16.5 Å². The smallest absolute Gasteiger partial charge is 0.325 e. The average molecular weight is 474 g/mol. The predicted molar refractivity (Wildman–Crippen MR) is 114 cm³/mol. The van der Waals surface area contributed by atoms with Crippen LogP contribution in [0.2, 0.25) is 0 Å². The fourth-order valence-corrected chi connectivity index (χ4v) is 4.34. The number of amides is 1. The van der Waals surface area contributed by atoms with E-state index in [9.17, 15) is 9.59 Å². The van der Waals surface area contributed by atoms with Crippen molar-refractivity contribution in [3.05, 3.63) is 62.9 Å². The molecule has 1 aliphatic rings. The second kappa shape index (κ2) is 7.64. The van der Waals surface area contributed by atoms with E-state index in [0.717, 1.165) is 4.47 Å². The molecule has 1 aliphatic heterocycles. The number of H-pyrrole nitrogens is 1. The van der Waals surface area contributed by atoms with Gasteiger partial charge in [-0.2, -0.15) is 0 Å². The van der Waals surface area contributed by atoms with Crippen molar-refractivity contribution in [3.63, 3.8) is 0 Å². The van der Waals surface area contributed by atoms with Crippen molar-refractivity contribution in [2.75, 3.05) is 18.3 Å². The number of ether oxygens (including phenoxy) is 1. The molecule has 9 heteroatoms. The number of rotatable bonds is 3. The highest BCUT2D eigenvalue weighted by Gasteiger charge is 2.46. The molecule has 29 heavy (non-hydrogen) atoms. The van der Waals surface area contributed by atoms with E-state index in [1.54, 1.807) is 16.7 Å². The largest absolute Gasteiger partial charge is 0.496 e. The van der Waals surface area contributed by atoms with Gasteiger partial charge >= 0.3 is 11.3 Å². The Morgan fingerprint density at radius 1 is 1.31 bits per heavy atom. The van der Waals surface area contributed by atoms with Gasteiger partial charge < -0.3 is 4.74 Å². The number of benzene rings is 2. The van der Waals surface area contributed by atoms with Crippen LogP contribution in [0.5, 0.6) is 5.75 Å². The third-order valence-corrected chi connectivity index (χ3v) is 5.82. The first kappa shape index (κ1) is 19.7. The molecule has 1 amide bonds. The number of methoxy groups -OCH3 is 1. The molecule has 0 spiro atoms. The molecular formula is C20H18BrN4O3S+. The molecule has 1 N–H and O–H groups in total. The molecule has 4 rings (SSSR count). The van der Waals surface area contributed by atoms with Crippen LogP contribution >= 0.6 is 27.7 Å². The summed E-state index contributed by atoms with van der Waals surface area (Å²) in [4.78, 5) is 30.3. The third kappa shape index (κ3) is 3.24. The van der Waals surface area contributed by atoms with Gasteiger partial charge in [-0.25, -0.2) is 4.90 Å². The molecular weight excluding hydrogens is 456 g/mol. The minimum absolute atomic E-state index is 0.171. The number of fused-ring (bicyclic) bond motifs is 3. The van der Waals surface area contributed by atoms with Gasteiger partial charge in [-0.1, -0.05) is 39.8 Å². The summed E-state index contributed by atoms with van der Waals surface area (Å²) in [5.41, 5.74) is 2.13. The number of thioether (sulfide) groups is 1. The third-order valence-electron chi connectivity index (χ3n) is 4.76.